The van der Waals surface area contributed by atoms with Crippen molar-refractivity contribution >= 4 is 76.1 Å². The fourth-order valence-electron chi connectivity index (χ4n) is 8.86. The van der Waals surface area contributed by atoms with Gasteiger partial charge < -0.3 is 77.7 Å². The highest BCUT2D eigenvalue weighted by Gasteiger charge is 2.59. The van der Waals surface area contributed by atoms with Crippen LogP contribution in [0.5, 0.6) is 0 Å². The second-order valence-corrected chi connectivity index (χ2v) is 22.3. The average Bonchev–Trinajstić information content (AvgIpc) is 3.41. The minimum atomic E-state index is -2.59. The van der Waals surface area contributed by atoms with Crippen LogP contribution in [0.1, 0.15) is 84.6 Å². The number of nitrogens with one attached hydrogen (secondary N) is 2. The highest BCUT2D eigenvalue weighted by Crippen LogP contribution is 2.39. The summed E-state index contributed by atoms with van der Waals surface area (Å²) < 4.78 is 72.3. The summed E-state index contributed by atoms with van der Waals surface area (Å²) in [5, 5.41) is 29.7. The molecule has 21 nitrogen and oxygen atoms in total. The van der Waals surface area contributed by atoms with Crippen molar-refractivity contribution in [1.29, 1.82) is 0 Å². The first-order valence-electron chi connectivity index (χ1n) is 25.0. The molecule has 4 aliphatic heterocycles. The first kappa shape index (κ1) is 61.7. The Bertz CT molecular complexity index is 2190. The molecular formula is C51H68Cl4N2O19. The van der Waals surface area contributed by atoms with Crippen molar-refractivity contribution < 1.29 is 91.0 Å². The third-order valence-corrected chi connectivity index (χ3v) is 13.3. The monoisotopic (exact) mass is 1150 g/mol. The Morgan fingerprint density at radius 3 is 1.92 bits per heavy atom. The quantitative estimate of drug-likeness (QED) is 0.0543. The van der Waals surface area contributed by atoms with Gasteiger partial charge in [0.15, 0.2) is 37.4 Å². The van der Waals surface area contributed by atoms with E-state index in [1.807, 2.05) is 30.3 Å². The van der Waals surface area contributed by atoms with Crippen LogP contribution in [-0.2, 0) is 87.4 Å². The predicted molar refractivity (Wildman–Crippen MR) is 270 cm³/mol. The number of aliphatic hydroxyl groups is 2. The Morgan fingerprint density at radius 1 is 0.684 bits per heavy atom. The second kappa shape index (κ2) is 28.6. The number of alkyl halides is 4. The number of rotatable bonds is 22. The molecule has 2 amide bonds. The van der Waals surface area contributed by atoms with Crippen molar-refractivity contribution in [2.75, 3.05) is 32.3 Å². The first-order chi connectivity index (χ1) is 36.0. The molecule has 1 unspecified atom stereocenters. The first-order valence-corrected chi connectivity index (χ1v) is 26.6. The zero-order chi connectivity index (χ0) is 55.3. The molecular weight excluding hydrogens is 1090 g/mol. The topological polar surface area (TPSA) is 261 Å². The number of carbonyl (C=O) groups is 5. The van der Waals surface area contributed by atoms with E-state index in [2.05, 4.69) is 10.6 Å². The van der Waals surface area contributed by atoms with Crippen molar-refractivity contribution in [1.82, 2.24) is 10.6 Å². The molecule has 4 heterocycles. The van der Waals surface area contributed by atoms with E-state index >= 15 is 0 Å². The summed E-state index contributed by atoms with van der Waals surface area (Å²) in [7, 11) is 0. The number of hydrogen-bond acceptors (Lipinski definition) is 19. The molecule has 0 aromatic heterocycles. The van der Waals surface area contributed by atoms with Crippen LogP contribution in [0.3, 0.4) is 0 Å². The van der Waals surface area contributed by atoms with Gasteiger partial charge in [0.05, 0.1) is 25.2 Å². The molecule has 0 saturated carbocycles. The van der Waals surface area contributed by atoms with Crippen LogP contribution in [0.15, 0.2) is 60.7 Å². The lowest BCUT2D eigenvalue weighted by Gasteiger charge is -2.51. The standard InChI is InChI=1S/C51H68Cl4N2O19/c1-27(58)56-35-37(61)39(32(24-65-23-30-17-11-9-12-18-30)71-45(35)66-22-16-8-7-15-21-52)75-47-43(70-29(3)60)42(41(69-28(2)59)34(73-47)26-68-49(64)50(4,5)6)76-46-36(57-48(63)51(53,54)55)38(62)40-33(72-46)25-67-44(74-40)31-19-13-10-14-20-31/h9-14,17-20,32-47,61-62H,7-8,15-16,21-26H2,1-6H3,(H,56,58)(H,57,63)/t32-,33-,34-,35-,36-,37-,38-,39-,40-,41+,42+,43-,44?,45-,46+,47+/m1/s1. The molecule has 0 radical (unpaired) electrons. The van der Waals surface area contributed by atoms with Gasteiger partial charge in [-0.3, -0.25) is 24.0 Å². The number of amides is 2. The molecule has 424 valence electrons. The van der Waals surface area contributed by atoms with E-state index < -0.39 is 144 Å². The fourth-order valence-corrected chi connectivity index (χ4v) is 9.21. The number of aliphatic hydroxyl groups excluding tert-OH is 2. The van der Waals surface area contributed by atoms with E-state index in [9.17, 15) is 34.2 Å². The molecule has 4 N–H and O–H groups in total. The van der Waals surface area contributed by atoms with Gasteiger partial charge in [-0.15, -0.1) is 11.6 Å². The number of carbonyl (C=O) groups excluding carboxylic acids is 5. The van der Waals surface area contributed by atoms with E-state index in [-0.39, 0.29) is 26.4 Å². The van der Waals surface area contributed by atoms with Crippen LogP contribution in [0.2, 0.25) is 0 Å². The maximum atomic E-state index is 13.5. The van der Waals surface area contributed by atoms with Crippen molar-refractivity contribution in [3.63, 3.8) is 0 Å². The Kier molecular flexibility index (Phi) is 23.2. The van der Waals surface area contributed by atoms with Crippen LogP contribution >= 0.6 is 46.4 Å². The molecule has 6 rings (SSSR count). The molecule has 25 heteroatoms. The average molecular weight is 1150 g/mol. The summed E-state index contributed by atoms with van der Waals surface area (Å²) >= 11 is 24.0. The number of fused-ring (bicyclic) bond motifs is 1. The van der Waals surface area contributed by atoms with Gasteiger partial charge in [-0.1, -0.05) is 108 Å². The predicted octanol–water partition coefficient (Wildman–Crippen LogP) is 4.61. The van der Waals surface area contributed by atoms with Crippen LogP contribution in [-0.4, -0.2) is 168 Å². The number of benzene rings is 2. The van der Waals surface area contributed by atoms with Gasteiger partial charge in [0.25, 0.3) is 9.70 Å². The number of unbranched alkanes of at least 4 members (excludes halogenated alkanes) is 3. The summed E-state index contributed by atoms with van der Waals surface area (Å²) in [6, 6.07) is 15.1. The minimum Gasteiger partial charge on any atom is -0.462 e. The lowest BCUT2D eigenvalue weighted by molar-refractivity contribution is -0.382. The number of esters is 3. The molecule has 2 aromatic carbocycles. The fraction of sp³-hybridized carbons (Fsp3) is 0.667. The largest absolute Gasteiger partial charge is 0.462 e. The third kappa shape index (κ3) is 17.3. The Labute approximate surface area is 461 Å². The van der Waals surface area contributed by atoms with Gasteiger partial charge in [-0.05, 0) is 39.2 Å². The summed E-state index contributed by atoms with van der Waals surface area (Å²) in [4.78, 5) is 66.0. The van der Waals surface area contributed by atoms with Crippen LogP contribution in [0, 0.1) is 5.41 Å². The normalized spacial score (nSPS) is 31.8. The van der Waals surface area contributed by atoms with E-state index in [1.165, 1.54) is 6.92 Å². The summed E-state index contributed by atoms with van der Waals surface area (Å²) in [6.45, 7) is 7.38. The third-order valence-electron chi connectivity index (χ3n) is 12.5. The molecule has 16 atom stereocenters. The maximum Gasteiger partial charge on any atom is 0.311 e. The van der Waals surface area contributed by atoms with E-state index in [0.717, 1.165) is 38.7 Å². The molecule has 76 heavy (non-hydrogen) atoms. The lowest BCUT2D eigenvalue weighted by Crippen LogP contribution is -2.71. The number of ether oxygens (including phenoxy) is 12. The van der Waals surface area contributed by atoms with Crippen molar-refractivity contribution in [2.45, 2.75) is 176 Å². The van der Waals surface area contributed by atoms with Crippen molar-refractivity contribution in [3.8, 4) is 0 Å². The molecule has 0 bridgehead atoms. The highest BCUT2D eigenvalue weighted by molar-refractivity contribution is 6.76. The number of halogens is 4. The van der Waals surface area contributed by atoms with E-state index in [1.54, 1.807) is 51.1 Å². The molecule has 2 aromatic rings. The summed E-state index contributed by atoms with van der Waals surface area (Å²) in [5.74, 6) is -3.81. The van der Waals surface area contributed by atoms with Gasteiger partial charge in [-0.25, -0.2) is 0 Å². The molecule has 0 spiro atoms. The zero-order valence-corrected chi connectivity index (χ0v) is 46.0. The van der Waals surface area contributed by atoms with E-state index in [0.29, 0.717) is 17.9 Å². The Balaban J connectivity index is 1.40. The van der Waals surface area contributed by atoms with Crippen molar-refractivity contribution in [2.24, 2.45) is 5.41 Å². The lowest BCUT2D eigenvalue weighted by atomic mass is 9.93. The molecule has 4 fully saturated rings. The smallest absolute Gasteiger partial charge is 0.311 e. The van der Waals surface area contributed by atoms with Crippen molar-refractivity contribution in [3.05, 3.63) is 71.8 Å². The van der Waals surface area contributed by atoms with Gasteiger partial charge in [-0.2, -0.15) is 0 Å². The minimum absolute atomic E-state index is 0.0933. The van der Waals surface area contributed by atoms with Gasteiger partial charge in [0.1, 0.15) is 67.5 Å². The van der Waals surface area contributed by atoms with Gasteiger partial charge >= 0.3 is 17.9 Å². The second-order valence-electron chi connectivity index (χ2n) is 19.7. The number of hydrogen-bond donors (Lipinski definition) is 4. The van der Waals surface area contributed by atoms with Crippen LogP contribution in [0.25, 0.3) is 0 Å². The highest BCUT2D eigenvalue weighted by atomic mass is 35.6. The van der Waals surface area contributed by atoms with Gasteiger partial charge in [0.2, 0.25) is 5.91 Å². The summed E-state index contributed by atoms with van der Waals surface area (Å²) in [6.07, 6.45) is -18.1. The molecule has 4 aliphatic rings. The summed E-state index contributed by atoms with van der Waals surface area (Å²) in [5.41, 5.74) is 0.363. The van der Waals surface area contributed by atoms with Crippen LogP contribution < -0.4 is 10.6 Å². The van der Waals surface area contributed by atoms with Gasteiger partial charge in [0, 0.05) is 38.8 Å². The SMILES string of the molecule is CC(=O)N[C@H]1[C@H](OCCCCCCCl)O[C@H](COCc2ccccc2)[C@@H](O[C@@H]2O[C@H](COC(=O)C(C)(C)C)[C@H](OC(C)=O)[C@H](O[C@@H]3O[C@@H]4COC(c5ccccc5)O[C@H]4[C@H](O)[C@H]3NC(=O)C(Cl)(Cl)Cl)[C@H]2OC(C)=O)[C@@H]1O. The Morgan fingerprint density at radius 2 is 1.29 bits per heavy atom. The zero-order valence-electron chi connectivity index (χ0n) is 42.9. The molecule has 4 saturated heterocycles. The molecule has 0 aliphatic carbocycles. The Hall–Kier alpha value is -3.49. The van der Waals surface area contributed by atoms with E-state index in [4.69, 9.17) is 103 Å². The van der Waals surface area contributed by atoms with Crippen LogP contribution in [0.4, 0.5) is 0 Å². The maximum absolute atomic E-state index is 13.5.